The number of hydrogen-bond acceptors (Lipinski definition) is 3. The van der Waals surface area contributed by atoms with Crippen molar-refractivity contribution in [3.05, 3.63) is 29.6 Å². The van der Waals surface area contributed by atoms with Crippen LogP contribution >= 0.6 is 0 Å². The van der Waals surface area contributed by atoms with Crippen LogP contribution in [0.1, 0.15) is 31.2 Å². The van der Waals surface area contributed by atoms with E-state index in [1.54, 1.807) is 12.1 Å². The first-order valence-corrected chi connectivity index (χ1v) is 7.34. The van der Waals surface area contributed by atoms with Crippen LogP contribution in [-0.4, -0.2) is 30.1 Å². The van der Waals surface area contributed by atoms with Crippen molar-refractivity contribution in [2.24, 2.45) is 5.92 Å². The molecule has 1 fully saturated rings. The predicted octanol–water partition coefficient (Wildman–Crippen LogP) is 2.14. The summed E-state index contributed by atoms with van der Waals surface area (Å²) in [5.74, 6) is -1.64. The quantitative estimate of drug-likeness (QED) is 0.844. The zero-order chi connectivity index (χ0) is 16.1. The fourth-order valence-electron chi connectivity index (χ4n) is 2.79. The minimum atomic E-state index is -0.810. The van der Waals surface area contributed by atoms with Gasteiger partial charge in [-0.1, -0.05) is 12.1 Å². The Bertz CT molecular complexity index is 561. The van der Waals surface area contributed by atoms with Crippen LogP contribution in [0.25, 0.3) is 0 Å². The highest BCUT2D eigenvalue weighted by Gasteiger charge is 2.30. The fraction of sp³-hybridized carbons (Fsp3) is 0.500. The first-order valence-electron chi connectivity index (χ1n) is 7.34. The molecule has 1 aliphatic carbocycles. The average molecular weight is 309 g/mol. The number of carboxylic acid groups (broad SMARTS) is 1. The van der Waals surface area contributed by atoms with Gasteiger partial charge in [0.1, 0.15) is 0 Å². The molecule has 6 heteroatoms. The number of halogens is 1. The molecule has 0 aromatic heterocycles. The molecule has 0 unspecified atom stereocenters. The maximum Gasteiger partial charge on any atom is 0.306 e. The SMILES string of the molecule is COc1cccc(CCC(=O)N[C@@H]2CC[C@H](C(=O)O)C2)c1F. The first kappa shape index (κ1) is 16.3. The summed E-state index contributed by atoms with van der Waals surface area (Å²) in [6, 6.07) is 4.75. The second-order valence-electron chi connectivity index (χ2n) is 5.55. The number of carbonyl (C=O) groups is 2. The molecular weight excluding hydrogens is 289 g/mol. The Morgan fingerprint density at radius 3 is 2.82 bits per heavy atom. The molecule has 1 aromatic carbocycles. The maximum atomic E-state index is 13.9. The third kappa shape index (κ3) is 3.96. The summed E-state index contributed by atoms with van der Waals surface area (Å²) < 4.78 is 18.8. The zero-order valence-corrected chi connectivity index (χ0v) is 12.5. The molecule has 1 saturated carbocycles. The molecule has 0 heterocycles. The lowest BCUT2D eigenvalue weighted by molar-refractivity contribution is -0.141. The van der Waals surface area contributed by atoms with E-state index < -0.39 is 11.8 Å². The Kier molecular flexibility index (Phi) is 5.35. The van der Waals surface area contributed by atoms with E-state index in [-0.39, 0.29) is 36.5 Å². The second kappa shape index (κ2) is 7.24. The summed E-state index contributed by atoms with van der Waals surface area (Å²) >= 11 is 0. The topological polar surface area (TPSA) is 75.6 Å². The Balaban J connectivity index is 1.82. The minimum Gasteiger partial charge on any atom is -0.494 e. The second-order valence-corrected chi connectivity index (χ2v) is 5.55. The van der Waals surface area contributed by atoms with Crippen molar-refractivity contribution in [2.45, 2.75) is 38.1 Å². The van der Waals surface area contributed by atoms with Crippen molar-refractivity contribution >= 4 is 11.9 Å². The minimum absolute atomic E-state index is 0.0937. The molecule has 22 heavy (non-hydrogen) atoms. The Labute approximate surface area is 128 Å². The van der Waals surface area contributed by atoms with Crippen LogP contribution in [0.15, 0.2) is 18.2 Å². The van der Waals surface area contributed by atoms with Gasteiger partial charge in [-0.05, 0) is 37.3 Å². The van der Waals surface area contributed by atoms with Gasteiger partial charge in [0.2, 0.25) is 5.91 Å². The smallest absolute Gasteiger partial charge is 0.306 e. The number of carboxylic acids is 1. The lowest BCUT2D eigenvalue weighted by Gasteiger charge is -2.13. The van der Waals surface area contributed by atoms with Crippen LogP contribution < -0.4 is 10.1 Å². The third-order valence-corrected chi connectivity index (χ3v) is 4.03. The molecule has 0 spiro atoms. The van der Waals surface area contributed by atoms with Gasteiger partial charge in [-0.3, -0.25) is 9.59 Å². The summed E-state index contributed by atoms with van der Waals surface area (Å²) in [5, 5.41) is 11.8. The monoisotopic (exact) mass is 309 g/mol. The Morgan fingerprint density at radius 2 is 2.18 bits per heavy atom. The lowest BCUT2D eigenvalue weighted by atomic mass is 10.1. The average Bonchev–Trinajstić information content (AvgIpc) is 2.95. The van der Waals surface area contributed by atoms with E-state index in [2.05, 4.69) is 5.32 Å². The molecule has 1 aliphatic rings. The van der Waals surface area contributed by atoms with Crippen LogP contribution in [0.2, 0.25) is 0 Å². The number of methoxy groups -OCH3 is 1. The number of amides is 1. The number of aryl methyl sites for hydroxylation is 1. The number of carbonyl (C=O) groups excluding carboxylic acids is 1. The molecule has 0 aliphatic heterocycles. The molecule has 5 nitrogen and oxygen atoms in total. The summed E-state index contributed by atoms with van der Waals surface area (Å²) in [4.78, 5) is 22.8. The highest BCUT2D eigenvalue weighted by molar-refractivity contribution is 5.77. The van der Waals surface area contributed by atoms with Crippen molar-refractivity contribution in [3.63, 3.8) is 0 Å². The number of nitrogens with one attached hydrogen (secondary N) is 1. The Hall–Kier alpha value is -2.11. The van der Waals surface area contributed by atoms with Crippen LogP contribution in [0.4, 0.5) is 4.39 Å². The number of ether oxygens (including phenoxy) is 1. The molecule has 2 atom stereocenters. The van der Waals surface area contributed by atoms with Gasteiger partial charge in [-0.15, -0.1) is 0 Å². The van der Waals surface area contributed by atoms with Crippen molar-refractivity contribution in [1.29, 1.82) is 0 Å². The fourth-order valence-corrected chi connectivity index (χ4v) is 2.79. The molecule has 1 aromatic rings. The van der Waals surface area contributed by atoms with Crippen molar-refractivity contribution in [1.82, 2.24) is 5.32 Å². The highest BCUT2D eigenvalue weighted by atomic mass is 19.1. The normalized spacial score (nSPS) is 20.6. The van der Waals surface area contributed by atoms with Crippen molar-refractivity contribution in [2.75, 3.05) is 7.11 Å². The van der Waals surface area contributed by atoms with E-state index in [0.717, 1.165) is 0 Å². The van der Waals surface area contributed by atoms with Gasteiger partial charge >= 0.3 is 5.97 Å². The van der Waals surface area contributed by atoms with Gasteiger partial charge in [-0.25, -0.2) is 4.39 Å². The van der Waals surface area contributed by atoms with E-state index >= 15 is 0 Å². The number of aliphatic carboxylic acids is 1. The van der Waals surface area contributed by atoms with E-state index in [1.807, 2.05) is 0 Å². The Morgan fingerprint density at radius 1 is 1.41 bits per heavy atom. The molecule has 2 N–H and O–H groups in total. The van der Waals surface area contributed by atoms with Gasteiger partial charge in [0, 0.05) is 12.5 Å². The molecule has 0 bridgehead atoms. The van der Waals surface area contributed by atoms with E-state index in [0.29, 0.717) is 24.8 Å². The predicted molar refractivity (Wildman–Crippen MR) is 78.2 cm³/mol. The van der Waals surface area contributed by atoms with E-state index in [1.165, 1.54) is 13.2 Å². The van der Waals surface area contributed by atoms with Gasteiger partial charge in [0.15, 0.2) is 11.6 Å². The summed E-state index contributed by atoms with van der Waals surface area (Å²) in [6.07, 6.45) is 2.18. The van der Waals surface area contributed by atoms with Crippen LogP contribution in [0.3, 0.4) is 0 Å². The molecule has 0 radical (unpaired) electrons. The van der Waals surface area contributed by atoms with Crippen LogP contribution in [0.5, 0.6) is 5.75 Å². The lowest BCUT2D eigenvalue weighted by Crippen LogP contribution is -2.33. The number of rotatable bonds is 6. The van der Waals surface area contributed by atoms with Crippen LogP contribution in [-0.2, 0) is 16.0 Å². The largest absolute Gasteiger partial charge is 0.494 e. The van der Waals surface area contributed by atoms with Crippen LogP contribution in [0, 0.1) is 11.7 Å². The molecule has 2 rings (SSSR count). The third-order valence-electron chi connectivity index (χ3n) is 4.03. The summed E-state index contributed by atoms with van der Waals surface area (Å²) in [5.41, 5.74) is 0.435. The van der Waals surface area contributed by atoms with Gasteiger partial charge in [0.05, 0.1) is 13.0 Å². The van der Waals surface area contributed by atoms with Crippen molar-refractivity contribution < 1.29 is 23.8 Å². The van der Waals surface area contributed by atoms with E-state index in [9.17, 15) is 14.0 Å². The molecule has 1 amide bonds. The zero-order valence-electron chi connectivity index (χ0n) is 12.5. The van der Waals surface area contributed by atoms with Gasteiger partial charge in [0.25, 0.3) is 0 Å². The number of benzene rings is 1. The molecular formula is C16H20FNO4. The van der Waals surface area contributed by atoms with Gasteiger partial charge in [-0.2, -0.15) is 0 Å². The summed E-state index contributed by atoms with van der Waals surface area (Å²) in [6.45, 7) is 0. The standard InChI is InChI=1S/C16H20FNO4/c1-22-13-4-2-3-10(15(13)17)6-8-14(19)18-12-7-5-11(9-12)16(20)21/h2-4,11-12H,5-9H2,1H3,(H,18,19)(H,20,21)/t11-,12+/m0/s1. The first-order chi connectivity index (χ1) is 10.5. The summed E-state index contributed by atoms with van der Waals surface area (Å²) in [7, 11) is 1.40. The number of hydrogen-bond donors (Lipinski definition) is 2. The highest BCUT2D eigenvalue weighted by Crippen LogP contribution is 2.26. The van der Waals surface area contributed by atoms with Gasteiger partial charge < -0.3 is 15.2 Å². The molecule has 0 saturated heterocycles. The molecule has 120 valence electrons. The van der Waals surface area contributed by atoms with Crippen molar-refractivity contribution in [3.8, 4) is 5.75 Å². The van der Waals surface area contributed by atoms with E-state index in [4.69, 9.17) is 9.84 Å². The maximum absolute atomic E-state index is 13.9.